The molecule has 0 saturated carbocycles. The van der Waals surface area contributed by atoms with Crippen LogP contribution in [0.4, 0.5) is 15.8 Å². The summed E-state index contributed by atoms with van der Waals surface area (Å²) in [5.41, 5.74) is -0.205. The van der Waals surface area contributed by atoms with Gasteiger partial charge in [-0.25, -0.2) is 4.39 Å². The molecule has 108 valence electrons. The first-order valence-corrected chi connectivity index (χ1v) is 5.95. The second kappa shape index (κ2) is 6.00. The lowest BCUT2D eigenvalue weighted by atomic mass is 10.2. The van der Waals surface area contributed by atoms with Crippen molar-refractivity contribution in [3.05, 3.63) is 58.4 Å². The molecule has 0 aliphatic rings. The van der Waals surface area contributed by atoms with Gasteiger partial charge in [0.25, 0.3) is 5.69 Å². The van der Waals surface area contributed by atoms with Crippen LogP contribution in [-0.2, 0) is 4.79 Å². The number of carbonyl (C=O) groups is 1. The topological polar surface area (TPSA) is 81.5 Å². The zero-order valence-corrected chi connectivity index (χ0v) is 11.0. The Morgan fingerprint density at radius 1 is 1.19 bits per heavy atom. The van der Waals surface area contributed by atoms with Crippen LogP contribution in [0.3, 0.4) is 0 Å². The Morgan fingerprint density at radius 2 is 1.81 bits per heavy atom. The Kier molecular flexibility index (Phi) is 4.13. The van der Waals surface area contributed by atoms with E-state index in [1.807, 2.05) is 0 Å². The third-order valence-corrected chi connectivity index (χ3v) is 2.53. The smallest absolute Gasteiger partial charge is 0.296 e. The Bertz CT molecular complexity index is 686. The summed E-state index contributed by atoms with van der Waals surface area (Å²) >= 11 is 0. The van der Waals surface area contributed by atoms with Gasteiger partial charge in [-0.2, -0.15) is 0 Å². The molecule has 0 radical (unpaired) electrons. The van der Waals surface area contributed by atoms with Crippen molar-refractivity contribution < 1.29 is 18.8 Å². The number of amides is 1. The first-order valence-electron chi connectivity index (χ1n) is 5.95. The molecule has 6 nitrogen and oxygen atoms in total. The highest BCUT2D eigenvalue weighted by atomic mass is 19.1. The van der Waals surface area contributed by atoms with Crippen molar-refractivity contribution in [3.8, 4) is 11.5 Å². The van der Waals surface area contributed by atoms with Crippen LogP contribution in [0.5, 0.6) is 11.5 Å². The van der Waals surface area contributed by atoms with Crippen LogP contribution in [0.1, 0.15) is 6.92 Å². The maximum atomic E-state index is 12.8. The first-order chi connectivity index (χ1) is 9.95. The first kappa shape index (κ1) is 14.4. The second-order valence-corrected chi connectivity index (χ2v) is 4.17. The predicted molar refractivity (Wildman–Crippen MR) is 73.9 cm³/mol. The molecule has 0 aliphatic heterocycles. The van der Waals surface area contributed by atoms with Crippen molar-refractivity contribution in [2.45, 2.75) is 6.92 Å². The minimum Gasteiger partial charge on any atom is -0.457 e. The number of benzene rings is 2. The summed E-state index contributed by atoms with van der Waals surface area (Å²) in [7, 11) is 0. The molecule has 0 atom stereocenters. The number of nitro groups is 1. The number of rotatable bonds is 4. The lowest BCUT2D eigenvalue weighted by molar-refractivity contribution is -0.384. The largest absolute Gasteiger partial charge is 0.457 e. The van der Waals surface area contributed by atoms with E-state index in [0.29, 0.717) is 5.75 Å². The number of hydrogen-bond donors (Lipinski definition) is 1. The Labute approximate surface area is 119 Å². The Morgan fingerprint density at radius 3 is 2.38 bits per heavy atom. The van der Waals surface area contributed by atoms with Crippen LogP contribution in [0.15, 0.2) is 42.5 Å². The minimum atomic E-state index is -0.622. The zero-order valence-electron chi connectivity index (χ0n) is 11.0. The highest BCUT2D eigenvalue weighted by Gasteiger charge is 2.16. The lowest BCUT2D eigenvalue weighted by Crippen LogP contribution is -2.08. The fraction of sp³-hybridized carbons (Fsp3) is 0.0714. The quantitative estimate of drug-likeness (QED) is 0.690. The maximum Gasteiger partial charge on any atom is 0.296 e. The van der Waals surface area contributed by atoms with Crippen molar-refractivity contribution >= 4 is 17.3 Å². The number of anilines is 1. The van der Waals surface area contributed by atoms with Crippen molar-refractivity contribution in [3.63, 3.8) is 0 Å². The summed E-state index contributed by atoms with van der Waals surface area (Å²) in [6.45, 7) is 1.26. The van der Waals surface area contributed by atoms with E-state index in [1.54, 1.807) is 0 Å². The highest BCUT2D eigenvalue weighted by Crippen LogP contribution is 2.31. The van der Waals surface area contributed by atoms with Gasteiger partial charge in [0.15, 0.2) is 0 Å². The molecule has 0 aromatic heterocycles. The van der Waals surface area contributed by atoms with Crippen LogP contribution in [-0.4, -0.2) is 10.8 Å². The fourth-order valence-corrected chi connectivity index (χ4v) is 1.66. The van der Waals surface area contributed by atoms with E-state index >= 15 is 0 Å². The van der Waals surface area contributed by atoms with Gasteiger partial charge in [-0.3, -0.25) is 14.9 Å². The van der Waals surface area contributed by atoms with E-state index in [0.717, 1.165) is 0 Å². The van der Waals surface area contributed by atoms with E-state index in [-0.39, 0.29) is 17.1 Å². The summed E-state index contributed by atoms with van der Waals surface area (Å²) in [5, 5.41) is 13.4. The van der Waals surface area contributed by atoms with Crippen LogP contribution in [0.25, 0.3) is 0 Å². The fourth-order valence-electron chi connectivity index (χ4n) is 1.66. The average Bonchev–Trinajstić information content (AvgIpc) is 2.42. The standard InChI is InChI=1S/C14H11FN2O4/c1-9(18)16-13-7-6-12(8-14(13)17(19)20)21-11-4-2-10(15)3-5-11/h2-8H,1H3,(H,16,18). The van der Waals surface area contributed by atoms with E-state index in [2.05, 4.69) is 5.32 Å². The van der Waals surface area contributed by atoms with Crippen molar-refractivity contribution in [2.75, 3.05) is 5.32 Å². The number of nitrogens with zero attached hydrogens (tertiary/aromatic N) is 1. The summed E-state index contributed by atoms with van der Waals surface area (Å²) in [5.74, 6) is -0.264. The molecular weight excluding hydrogens is 279 g/mol. The zero-order chi connectivity index (χ0) is 15.4. The van der Waals surface area contributed by atoms with Gasteiger partial charge in [0.2, 0.25) is 5.91 Å². The normalized spacial score (nSPS) is 10.0. The van der Waals surface area contributed by atoms with Crippen LogP contribution >= 0.6 is 0 Å². The third-order valence-electron chi connectivity index (χ3n) is 2.53. The van der Waals surface area contributed by atoms with Crippen LogP contribution in [0, 0.1) is 15.9 Å². The molecule has 1 N–H and O–H groups in total. The van der Waals surface area contributed by atoms with Crippen molar-refractivity contribution in [2.24, 2.45) is 0 Å². The molecular formula is C14H11FN2O4. The molecule has 0 spiro atoms. The number of ether oxygens (including phenoxy) is 1. The number of carbonyl (C=O) groups excluding carboxylic acids is 1. The predicted octanol–water partition coefficient (Wildman–Crippen LogP) is 3.48. The van der Waals surface area contributed by atoms with Gasteiger partial charge in [-0.05, 0) is 36.4 Å². The number of halogens is 1. The Balaban J connectivity index is 2.29. The molecule has 0 heterocycles. The van der Waals surface area contributed by atoms with E-state index < -0.39 is 16.6 Å². The van der Waals surface area contributed by atoms with E-state index in [4.69, 9.17) is 4.74 Å². The van der Waals surface area contributed by atoms with Gasteiger partial charge in [0.1, 0.15) is 23.0 Å². The number of hydrogen-bond acceptors (Lipinski definition) is 4. The van der Waals surface area contributed by atoms with Gasteiger partial charge in [-0.15, -0.1) is 0 Å². The Hall–Kier alpha value is -2.96. The lowest BCUT2D eigenvalue weighted by Gasteiger charge is -2.08. The summed E-state index contributed by atoms with van der Waals surface area (Å²) in [6, 6.07) is 9.28. The second-order valence-electron chi connectivity index (χ2n) is 4.17. The molecule has 0 unspecified atom stereocenters. The molecule has 7 heteroatoms. The number of nitrogens with one attached hydrogen (secondary N) is 1. The van der Waals surface area contributed by atoms with Crippen LogP contribution in [0.2, 0.25) is 0 Å². The van der Waals surface area contributed by atoms with Gasteiger partial charge < -0.3 is 10.1 Å². The molecule has 0 aliphatic carbocycles. The van der Waals surface area contributed by atoms with Gasteiger partial charge in [0, 0.05) is 6.92 Å². The molecule has 0 saturated heterocycles. The highest BCUT2D eigenvalue weighted by molar-refractivity contribution is 5.91. The SMILES string of the molecule is CC(=O)Nc1ccc(Oc2ccc(F)cc2)cc1[N+](=O)[O-]. The minimum absolute atomic E-state index is 0.0824. The average molecular weight is 290 g/mol. The molecule has 21 heavy (non-hydrogen) atoms. The van der Waals surface area contributed by atoms with Gasteiger partial charge in [-0.1, -0.05) is 0 Å². The van der Waals surface area contributed by atoms with E-state index in [1.165, 1.54) is 49.4 Å². The summed E-state index contributed by atoms with van der Waals surface area (Å²) < 4.78 is 18.2. The molecule has 0 bridgehead atoms. The number of nitro benzene ring substituents is 1. The monoisotopic (exact) mass is 290 g/mol. The van der Waals surface area contributed by atoms with E-state index in [9.17, 15) is 19.3 Å². The van der Waals surface area contributed by atoms with Crippen molar-refractivity contribution in [1.82, 2.24) is 0 Å². The molecule has 2 aromatic carbocycles. The molecule has 2 rings (SSSR count). The molecule has 1 amide bonds. The molecule has 0 fully saturated rings. The summed E-state index contributed by atoms with van der Waals surface area (Å²) in [4.78, 5) is 21.4. The van der Waals surface area contributed by atoms with Gasteiger partial charge in [0.05, 0.1) is 11.0 Å². The third kappa shape index (κ3) is 3.75. The van der Waals surface area contributed by atoms with Crippen LogP contribution < -0.4 is 10.1 Å². The summed E-state index contributed by atoms with van der Waals surface area (Å²) in [6.07, 6.45) is 0. The van der Waals surface area contributed by atoms with Gasteiger partial charge >= 0.3 is 0 Å². The maximum absolute atomic E-state index is 12.8. The molecule has 2 aromatic rings. The van der Waals surface area contributed by atoms with Crippen molar-refractivity contribution in [1.29, 1.82) is 0 Å².